The molecule has 1 rings (SSSR count). The van der Waals surface area contributed by atoms with Gasteiger partial charge in [0.25, 0.3) is 5.91 Å². The lowest BCUT2D eigenvalue weighted by molar-refractivity contribution is -0.132. The summed E-state index contributed by atoms with van der Waals surface area (Å²) in [6.07, 6.45) is 0.279. The van der Waals surface area contributed by atoms with Gasteiger partial charge in [-0.05, 0) is 31.5 Å². The van der Waals surface area contributed by atoms with Crippen LogP contribution in [0.4, 0.5) is 0 Å². The van der Waals surface area contributed by atoms with Gasteiger partial charge in [-0.3, -0.25) is 14.4 Å². The summed E-state index contributed by atoms with van der Waals surface area (Å²) in [6, 6.07) is 5.01. The molecule has 7 heteroatoms. The largest absolute Gasteiger partial charge is 0.427 e. The van der Waals surface area contributed by atoms with E-state index in [4.69, 9.17) is 10.5 Å². The van der Waals surface area contributed by atoms with E-state index in [0.29, 0.717) is 0 Å². The zero-order chi connectivity index (χ0) is 16.7. The molecule has 0 unspecified atom stereocenters. The van der Waals surface area contributed by atoms with E-state index in [-0.39, 0.29) is 29.9 Å². The van der Waals surface area contributed by atoms with E-state index in [1.54, 1.807) is 6.07 Å². The molecule has 1 atom stereocenters. The average molecular weight is 306 g/mol. The van der Waals surface area contributed by atoms with Crippen LogP contribution in [0.5, 0.6) is 5.75 Å². The van der Waals surface area contributed by atoms with E-state index in [1.165, 1.54) is 32.0 Å². The Bertz CT molecular complexity index is 597. The van der Waals surface area contributed by atoms with Crippen LogP contribution in [-0.4, -0.2) is 29.6 Å². The minimum absolute atomic E-state index is 0.0997. The number of amides is 2. The van der Waals surface area contributed by atoms with Crippen LogP contribution in [0.15, 0.2) is 24.3 Å². The Balaban J connectivity index is 2.79. The summed E-state index contributed by atoms with van der Waals surface area (Å²) < 4.78 is 4.88. The molecule has 0 radical (unpaired) electrons. The highest BCUT2D eigenvalue weighted by molar-refractivity contribution is 5.97. The molecule has 2 amide bonds. The predicted octanol–water partition coefficient (Wildman–Crippen LogP) is 0.565. The lowest BCUT2D eigenvalue weighted by Gasteiger charge is -2.15. The van der Waals surface area contributed by atoms with Gasteiger partial charge < -0.3 is 20.6 Å². The van der Waals surface area contributed by atoms with E-state index in [0.717, 1.165) is 0 Å². The van der Waals surface area contributed by atoms with Crippen molar-refractivity contribution in [2.75, 3.05) is 0 Å². The summed E-state index contributed by atoms with van der Waals surface area (Å²) in [5.74, 6) is -1.64. The SMILES string of the molecule is CC(=O)CC[C@H](NC(=O)c1cccc(OC(C)=O)c1)C(N)=O. The Labute approximate surface area is 127 Å². The second-order valence-corrected chi connectivity index (χ2v) is 4.79. The van der Waals surface area contributed by atoms with Gasteiger partial charge in [0.05, 0.1) is 0 Å². The van der Waals surface area contributed by atoms with Gasteiger partial charge in [0.2, 0.25) is 5.91 Å². The Kier molecular flexibility index (Phi) is 6.25. The number of nitrogens with one attached hydrogen (secondary N) is 1. The zero-order valence-electron chi connectivity index (χ0n) is 12.4. The standard InChI is InChI=1S/C15H18N2O5/c1-9(18)6-7-13(14(16)20)17-15(21)11-4-3-5-12(8-11)22-10(2)19/h3-5,8,13H,6-7H2,1-2H3,(H2,16,20)(H,17,21)/t13-/m0/s1. The third-order valence-electron chi connectivity index (χ3n) is 2.79. The molecule has 0 fully saturated rings. The van der Waals surface area contributed by atoms with Gasteiger partial charge in [-0.2, -0.15) is 0 Å². The zero-order valence-corrected chi connectivity index (χ0v) is 12.4. The molecule has 118 valence electrons. The Morgan fingerprint density at radius 1 is 1.23 bits per heavy atom. The summed E-state index contributed by atoms with van der Waals surface area (Å²) in [4.78, 5) is 45.3. The molecule has 22 heavy (non-hydrogen) atoms. The van der Waals surface area contributed by atoms with Crippen LogP contribution >= 0.6 is 0 Å². The van der Waals surface area contributed by atoms with E-state index in [1.807, 2.05) is 0 Å². The number of carbonyl (C=O) groups excluding carboxylic acids is 4. The predicted molar refractivity (Wildman–Crippen MR) is 78.1 cm³/mol. The molecule has 0 saturated carbocycles. The lowest BCUT2D eigenvalue weighted by Crippen LogP contribution is -2.44. The van der Waals surface area contributed by atoms with Crippen molar-refractivity contribution < 1.29 is 23.9 Å². The van der Waals surface area contributed by atoms with Gasteiger partial charge in [0.1, 0.15) is 17.6 Å². The maximum absolute atomic E-state index is 12.1. The molecule has 0 aromatic heterocycles. The van der Waals surface area contributed by atoms with Crippen LogP contribution in [0, 0.1) is 0 Å². The summed E-state index contributed by atoms with van der Waals surface area (Å²) >= 11 is 0. The first-order valence-electron chi connectivity index (χ1n) is 6.67. The molecular weight excluding hydrogens is 288 g/mol. The molecule has 0 saturated heterocycles. The minimum atomic E-state index is -0.936. The molecule has 1 aromatic carbocycles. The number of nitrogens with two attached hydrogens (primary N) is 1. The van der Waals surface area contributed by atoms with Crippen molar-refractivity contribution in [3.63, 3.8) is 0 Å². The second kappa shape index (κ2) is 7.92. The first-order valence-corrected chi connectivity index (χ1v) is 6.67. The van der Waals surface area contributed by atoms with Crippen molar-refractivity contribution in [2.24, 2.45) is 5.73 Å². The molecule has 0 aliphatic carbocycles. The fourth-order valence-electron chi connectivity index (χ4n) is 1.74. The number of hydrogen-bond donors (Lipinski definition) is 2. The van der Waals surface area contributed by atoms with Crippen molar-refractivity contribution in [2.45, 2.75) is 32.7 Å². The van der Waals surface area contributed by atoms with E-state index >= 15 is 0 Å². The molecule has 0 heterocycles. The van der Waals surface area contributed by atoms with Crippen molar-refractivity contribution in [1.29, 1.82) is 0 Å². The number of esters is 1. The summed E-state index contributed by atoms with van der Waals surface area (Å²) in [6.45, 7) is 2.64. The normalized spacial score (nSPS) is 11.4. The minimum Gasteiger partial charge on any atom is -0.427 e. The smallest absolute Gasteiger partial charge is 0.308 e. The van der Waals surface area contributed by atoms with Gasteiger partial charge >= 0.3 is 5.97 Å². The molecular formula is C15H18N2O5. The number of ether oxygens (including phenoxy) is 1. The summed E-state index contributed by atoms with van der Waals surface area (Å²) in [5, 5.41) is 2.46. The highest BCUT2D eigenvalue weighted by Crippen LogP contribution is 2.14. The molecule has 3 N–H and O–H groups in total. The Hall–Kier alpha value is -2.70. The van der Waals surface area contributed by atoms with Gasteiger partial charge in [0.15, 0.2) is 0 Å². The third-order valence-corrected chi connectivity index (χ3v) is 2.79. The second-order valence-electron chi connectivity index (χ2n) is 4.79. The number of rotatable bonds is 7. The maximum Gasteiger partial charge on any atom is 0.308 e. The number of ketones is 1. The van der Waals surface area contributed by atoms with Gasteiger partial charge in [0, 0.05) is 18.9 Å². The van der Waals surface area contributed by atoms with Crippen LogP contribution in [0.2, 0.25) is 0 Å². The van der Waals surface area contributed by atoms with Gasteiger partial charge in [-0.15, -0.1) is 0 Å². The first-order chi connectivity index (χ1) is 10.3. The molecule has 7 nitrogen and oxygen atoms in total. The summed E-state index contributed by atoms with van der Waals surface area (Å²) in [7, 11) is 0. The number of carbonyl (C=O) groups is 4. The number of primary amides is 1. The quantitative estimate of drug-likeness (QED) is 0.564. The van der Waals surface area contributed by atoms with E-state index in [2.05, 4.69) is 5.32 Å². The topological polar surface area (TPSA) is 116 Å². The highest BCUT2D eigenvalue weighted by atomic mass is 16.5. The molecule has 1 aromatic rings. The van der Waals surface area contributed by atoms with Gasteiger partial charge in [-0.1, -0.05) is 6.07 Å². The maximum atomic E-state index is 12.1. The van der Waals surface area contributed by atoms with Crippen molar-refractivity contribution in [1.82, 2.24) is 5.32 Å². The van der Waals surface area contributed by atoms with Crippen molar-refractivity contribution in [3.8, 4) is 5.75 Å². The molecule has 0 aliphatic heterocycles. The van der Waals surface area contributed by atoms with Crippen LogP contribution < -0.4 is 15.8 Å². The Morgan fingerprint density at radius 3 is 2.45 bits per heavy atom. The molecule has 0 bridgehead atoms. The van der Waals surface area contributed by atoms with Gasteiger partial charge in [-0.25, -0.2) is 0 Å². The fourth-order valence-corrected chi connectivity index (χ4v) is 1.74. The number of Topliss-reactive ketones (excluding diaryl/α,β-unsaturated/α-hetero) is 1. The number of benzene rings is 1. The van der Waals surface area contributed by atoms with Crippen LogP contribution in [0.3, 0.4) is 0 Å². The van der Waals surface area contributed by atoms with E-state index < -0.39 is 23.8 Å². The lowest BCUT2D eigenvalue weighted by atomic mass is 10.1. The van der Waals surface area contributed by atoms with Crippen molar-refractivity contribution in [3.05, 3.63) is 29.8 Å². The molecule has 0 aliphatic rings. The average Bonchev–Trinajstić information content (AvgIpc) is 2.42. The monoisotopic (exact) mass is 306 g/mol. The molecule has 0 spiro atoms. The fraction of sp³-hybridized carbons (Fsp3) is 0.333. The van der Waals surface area contributed by atoms with Crippen molar-refractivity contribution >= 4 is 23.6 Å². The van der Waals surface area contributed by atoms with E-state index in [9.17, 15) is 19.2 Å². The van der Waals surface area contributed by atoms with Crippen LogP contribution in [0.1, 0.15) is 37.0 Å². The Morgan fingerprint density at radius 2 is 1.91 bits per heavy atom. The highest BCUT2D eigenvalue weighted by Gasteiger charge is 2.19. The third kappa shape index (κ3) is 5.74. The van der Waals surface area contributed by atoms with Crippen LogP contribution in [-0.2, 0) is 14.4 Å². The first kappa shape index (κ1) is 17.4. The summed E-state index contributed by atoms with van der Waals surface area (Å²) in [5.41, 5.74) is 5.43. The number of hydrogen-bond acceptors (Lipinski definition) is 5. The van der Waals surface area contributed by atoms with Crippen LogP contribution in [0.25, 0.3) is 0 Å².